The lowest BCUT2D eigenvalue weighted by molar-refractivity contribution is -0.117. The predicted molar refractivity (Wildman–Crippen MR) is 94.9 cm³/mol. The Bertz CT molecular complexity index is 583. The van der Waals surface area contributed by atoms with Gasteiger partial charge in [-0.05, 0) is 83.1 Å². The molecule has 1 aromatic rings. The van der Waals surface area contributed by atoms with E-state index in [4.69, 9.17) is 10.00 Å². The van der Waals surface area contributed by atoms with E-state index in [0.29, 0.717) is 6.61 Å². The van der Waals surface area contributed by atoms with E-state index in [-0.39, 0.29) is 17.5 Å². The molecule has 4 nitrogen and oxygen atoms in total. The monoisotopic (exact) mass is 462 g/mol. The lowest BCUT2D eigenvalue weighted by Gasteiger charge is -2.10. The SMILES string of the molecule is CCOc1c(Br)cc(/C=C(/C#N)C(=O)NC(C)C)cc1I. The van der Waals surface area contributed by atoms with Gasteiger partial charge in [-0.2, -0.15) is 5.26 Å². The maximum atomic E-state index is 11.9. The lowest BCUT2D eigenvalue weighted by atomic mass is 10.1. The molecule has 0 aliphatic rings. The van der Waals surface area contributed by atoms with Crippen molar-refractivity contribution < 1.29 is 9.53 Å². The number of amides is 1. The molecular formula is C15H16BrIN2O2. The number of nitrogens with zero attached hydrogens (tertiary/aromatic N) is 1. The zero-order valence-electron chi connectivity index (χ0n) is 12.0. The van der Waals surface area contributed by atoms with E-state index in [1.165, 1.54) is 0 Å². The summed E-state index contributed by atoms with van der Waals surface area (Å²) in [5.74, 6) is 0.396. The highest BCUT2D eigenvalue weighted by Gasteiger charge is 2.12. The van der Waals surface area contributed by atoms with Gasteiger partial charge in [0.25, 0.3) is 5.91 Å². The van der Waals surface area contributed by atoms with Crippen LogP contribution in [-0.2, 0) is 4.79 Å². The number of rotatable bonds is 5. The zero-order valence-corrected chi connectivity index (χ0v) is 15.8. The van der Waals surface area contributed by atoms with Crippen LogP contribution in [0.5, 0.6) is 5.75 Å². The summed E-state index contributed by atoms with van der Waals surface area (Å²) >= 11 is 5.61. The molecule has 112 valence electrons. The number of carbonyl (C=O) groups excluding carboxylic acids is 1. The van der Waals surface area contributed by atoms with Gasteiger partial charge in [-0.1, -0.05) is 0 Å². The van der Waals surface area contributed by atoms with Gasteiger partial charge in [0.2, 0.25) is 0 Å². The summed E-state index contributed by atoms with van der Waals surface area (Å²) < 4.78 is 7.24. The Morgan fingerprint density at radius 3 is 2.71 bits per heavy atom. The Labute approximate surface area is 146 Å². The Morgan fingerprint density at radius 2 is 2.24 bits per heavy atom. The van der Waals surface area contributed by atoms with E-state index in [1.807, 2.05) is 39.0 Å². The molecule has 0 aliphatic carbocycles. The third-order valence-corrected chi connectivity index (χ3v) is 3.80. The zero-order chi connectivity index (χ0) is 16.0. The second kappa shape index (κ2) is 8.39. The molecule has 1 rings (SSSR count). The van der Waals surface area contributed by atoms with Crippen molar-refractivity contribution in [3.8, 4) is 11.8 Å². The summed E-state index contributed by atoms with van der Waals surface area (Å²) in [6.07, 6.45) is 1.57. The minimum Gasteiger partial charge on any atom is -0.492 e. The fourth-order valence-electron chi connectivity index (χ4n) is 1.60. The van der Waals surface area contributed by atoms with Crippen molar-refractivity contribution in [1.82, 2.24) is 5.32 Å². The maximum Gasteiger partial charge on any atom is 0.262 e. The van der Waals surface area contributed by atoms with Crippen LogP contribution in [0.4, 0.5) is 0 Å². The topological polar surface area (TPSA) is 62.1 Å². The molecule has 0 heterocycles. The van der Waals surface area contributed by atoms with Gasteiger partial charge in [0.1, 0.15) is 17.4 Å². The van der Waals surface area contributed by atoms with Crippen LogP contribution >= 0.6 is 38.5 Å². The Kier molecular flexibility index (Phi) is 7.18. The minimum atomic E-state index is -0.368. The number of nitriles is 1. The van der Waals surface area contributed by atoms with Gasteiger partial charge in [-0.15, -0.1) is 0 Å². The smallest absolute Gasteiger partial charge is 0.262 e. The van der Waals surface area contributed by atoms with E-state index in [2.05, 4.69) is 43.8 Å². The van der Waals surface area contributed by atoms with Gasteiger partial charge in [-0.3, -0.25) is 4.79 Å². The van der Waals surface area contributed by atoms with Crippen LogP contribution < -0.4 is 10.1 Å². The van der Waals surface area contributed by atoms with Gasteiger partial charge in [0.15, 0.2) is 0 Å². The van der Waals surface area contributed by atoms with Gasteiger partial charge in [-0.25, -0.2) is 0 Å². The minimum absolute atomic E-state index is 0.0125. The highest BCUT2D eigenvalue weighted by atomic mass is 127. The third kappa shape index (κ3) is 5.32. The van der Waals surface area contributed by atoms with E-state index >= 15 is 0 Å². The normalized spacial score (nSPS) is 11.2. The molecule has 1 amide bonds. The summed E-state index contributed by atoms with van der Waals surface area (Å²) in [5.41, 5.74) is 0.848. The Hall–Kier alpha value is -1.07. The van der Waals surface area contributed by atoms with Gasteiger partial charge in [0.05, 0.1) is 14.6 Å². The van der Waals surface area contributed by atoms with Crippen LogP contribution in [0, 0.1) is 14.9 Å². The van der Waals surface area contributed by atoms with Crippen molar-refractivity contribution in [1.29, 1.82) is 5.26 Å². The first-order chi connectivity index (χ1) is 9.88. The van der Waals surface area contributed by atoms with Crippen LogP contribution in [0.2, 0.25) is 0 Å². The molecule has 6 heteroatoms. The van der Waals surface area contributed by atoms with Crippen LogP contribution in [0.1, 0.15) is 26.3 Å². The summed E-state index contributed by atoms with van der Waals surface area (Å²) in [6, 6.07) is 5.62. The predicted octanol–water partition coefficient (Wildman–Crippen LogP) is 3.88. The number of nitrogens with one attached hydrogen (secondary N) is 1. The summed E-state index contributed by atoms with van der Waals surface area (Å²) in [7, 11) is 0. The molecule has 0 saturated heterocycles. The first kappa shape index (κ1) is 18.0. The molecule has 0 radical (unpaired) electrons. The van der Waals surface area contributed by atoms with E-state index in [1.54, 1.807) is 6.08 Å². The standard InChI is InChI=1S/C15H16BrIN2O2/c1-4-21-14-12(16)6-10(7-13(14)17)5-11(8-18)15(20)19-9(2)3/h5-7,9H,4H2,1-3H3,(H,19,20)/b11-5-. The van der Waals surface area contributed by atoms with Crippen LogP contribution in [-0.4, -0.2) is 18.6 Å². The Balaban J connectivity index is 3.13. The number of ether oxygens (including phenoxy) is 1. The van der Waals surface area contributed by atoms with Crippen molar-refractivity contribution in [2.45, 2.75) is 26.8 Å². The highest BCUT2D eigenvalue weighted by Crippen LogP contribution is 2.32. The molecule has 0 aromatic heterocycles. The number of carbonyl (C=O) groups is 1. The third-order valence-electron chi connectivity index (χ3n) is 2.41. The largest absolute Gasteiger partial charge is 0.492 e. The number of halogens is 2. The molecular weight excluding hydrogens is 447 g/mol. The summed E-state index contributed by atoms with van der Waals surface area (Å²) in [4.78, 5) is 11.9. The molecule has 21 heavy (non-hydrogen) atoms. The second-order valence-electron chi connectivity index (χ2n) is 4.54. The van der Waals surface area contributed by atoms with Crippen molar-refractivity contribution >= 4 is 50.5 Å². The van der Waals surface area contributed by atoms with Crippen molar-refractivity contribution in [3.63, 3.8) is 0 Å². The van der Waals surface area contributed by atoms with Crippen molar-refractivity contribution in [2.75, 3.05) is 6.61 Å². The van der Waals surface area contributed by atoms with Crippen molar-refractivity contribution in [3.05, 3.63) is 31.3 Å². The highest BCUT2D eigenvalue weighted by molar-refractivity contribution is 14.1. The average Bonchev–Trinajstić information content (AvgIpc) is 2.39. The van der Waals surface area contributed by atoms with Crippen LogP contribution in [0.15, 0.2) is 22.2 Å². The number of hydrogen-bond donors (Lipinski definition) is 1. The van der Waals surface area contributed by atoms with Gasteiger partial charge >= 0.3 is 0 Å². The number of hydrogen-bond acceptors (Lipinski definition) is 3. The average molecular weight is 463 g/mol. The van der Waals surface area contributed by atoms with E-state index in [9.17, 15) is 4.79 Å². The van der Waals surface area contributed by atoms with Gasteiger partial charge < -0.3 is 10.1 Å². The Morgan fingerprint density at radius 1 is 1.57 bits per heavy atom. The first-order valence-corrected chi connectivity index (χ1v) is 8.30. The summed E-state index contributed by atoms with van der Waals surface area (Å²) in [6.45, 7) is 6.19. The van der Waals surface area contributed by atoms with E-state index in [0.717, 1.165) is 19.4 Å². The second-order valence-corrected chi connectivity index (χ2v) is 6.56. The van der Waals surface area contributed by atoms with Crippen LogP contribution in [0.25, 0.3) is 6.08 Å². The molecule has 0 unspecified atom stereocenters. The molecule has 0 saturated carbocycles. The lowest BCUT2D eigenvalue weighted by Crippen LogP contribution is -2.30. The molecule has 0 atom stereocenters. The fraction of sp³-hybridized carbons (Fsp3) is 0.333. The molecule has 0 bridgehead atoms. The molecule has 1 N–H and O–H groups in total. The molecule has 0 aliphatic heterocycles. The first-order valence-electron chi connectivity index (χ1n) is 6.43. The van der Waals surface area contributed by atoms with Gasteiger partial charge in [0, 0.05) is 6.04 Å². The molecule has 0 fully saturated rings. The summed E-state index contributed by atoms with van der Waals surface area (Å²) in [5, 5.41) is 11.8. The van der Waals surface area contributed by atoms with E-state index < -0.39 is 0 Å². The molecule has 0 spiro atoms. The fourth-order valence-corrected chi connectivity index (χ4v) is 3.37. The quantitative estimate of drug-likeness (QED) is 0.410. The number of benzene rings is 1. The maximum absolute atomic E-state index is 11.9. The van der Waals surface area contributed by atoms with Crippen molar-refractivity contribution in [2.24, 2.45) is 0 Å². The molecule has 1 aromatic carbocycles. The van der Waals surface area contributed by atoms with Crippen LogP contribution in [0.3, 0.4) is 0 Å².